The molecule has 0 aromatic heterocycles. The predicted molar refractivity (Wildman–Crippen MR) is 151 cm³/mol. The second kappa shape index (κ2) is 11.5. The molecule has 4 aromatic carbocycles. The molecule has 1 aliphatic rings. The molecule has 4 nitrogen and oxygen atoms in total. The highest BCUT2D eigenvalue weighted by Gasteiger charge is 2.41. The van der Waals surface area contributed by atoms with E-state index in [2.05, 4.69) is 10.2 Å². The highest BCUT2D eigenvalue weighted by Crippen LogP contribution is 2.48. The van der Waals surface area contributed by atoms with Crippen LogP contribution >= 0.6 is 23.2 Å². The molecule has 4 aromatic rings. The third-order valence-electron chi connectivity index (χ3n) is 6.72. The summed E-state index contributed by atoms with van der Waals surface area (Å²) in [6.45, 7) is 0. The summed E-state index contributed by atoms with van der Waals surface area (Å²) in [6.07, 6.45) is 0.360. The van der Waals surface area contributed by atoms with Gasteiger partial charge in [0.2, 0.25) is 0 Å². The highest BCUT2D eigenvalue weighted by atomic mass is 35.5. The van der Waals surface area contributed by atoms with Gasteiger partial charge in [0.1, 0.15) is 11.6 Å². The van der Waals surface area contributed by atoms with E-state index < -0.39 is 17.8 Å². The number of carbonyl (C=O) groups is 1. The second-order valence-electron chi connectivity index (χ2n) is 9.12. The van der Waals surface area contributed by atoms with E-state index >= 15 is 0 Å². The molecule has 0 spiro atoms. The van der Waals surface area contributed by atoms with E-state index in [4.69, 9.17) is 27.9 Å². The lowest BCUT2D eigenvalue weighted by atomic mass is 9.84. The SMILES string of the molecule is COC(=O)C1=C(Nc2ccc(Cl)cc2)C[C@@H](c2ccc(F)cc2)N(c2ccc(Cl)cc2)[C@@H]1c1ccc(F)cc1. The molecule has 8 heteroatoms. The Kier molecular flexibility index (Phi) is 7.87. The third-order valence-corrected chi connectivity index (χ3v) is 7.22. The summed E-state index contributed by atoms with van der Waals surface area (Å²) >= 11 is 12.3. The molecule has 0 radical (unpaired) electrons. The molecule has 0 unspecified atom stereocenters. The van der Waals surface area contributed by atoms with Crippen molar-refractivity contribution in [3.8, 4) is 0 Å². The first-order valence-corrected chi connectivity index (χ1v) is 13.0. The number of hydrogen-bond donors (Lipinski definition) is 1. The molecule has 0 saturated carbocycles. The van der Waals surface area contributed by atoms with Crippen LogP contribution in [0.4, 0.5) is 20.2 Å². The number of nitrogens with one attached hydrogen (secondary N) is 1. The maximum Gasteiger partial charge on any atom is 0.337 e. The Morgan fingerprint density at radius 3 is 1.85 bits per heavy atom. The van der Waals surface area contributed by atoms with Crippen molar-refractivity contribution >= 4 is 40.5 Å². The normalized spacial score (nSPS) is 17.2. The summed E-state index contributed by atoms with van der Waals surface area (Å²) in [5.41, 5.74) is 4.00. The standard InChI is InChI=1S/C31H24Cl2F2N2O2/c1-39-31(38)29-27(36-25-14-6-21(32)7-15-25)18-28(19-2-10-23(34)11-3-19)37(26-16-8-22(33)9-17-26)30(29)20-4-12-24(35)13-5-20/h2-17,28,30,36H,18H2,1H3/t28-,30+/m0/s1. The van der Waals surface area contributed by atoms with Crippen LogP contribution in [0.25, 0.3) is 0 Å². The Hall–Kier alpha value is -3.87. The molecule has 0 saturated heterocycles. The molecular formula is C31H24Cl2F2N2O2. The minimum absolute atomic E-state index is 0.343. The average molecular weight is 565 g/mol. The lowest BCUT2D eigenvalue weighted by Crippen LogP contribution is -2.41. The number of esters is 1. The van der Waals surface area contributed by atoms with Crippen molar-refractivity contribution < 1.29 is 18.3 Å². The maximum absolute atomic E-state index is 14.0. The molecular weight excluding hydrogens is 541 g/mol. The van der Waals surface area contributed by atoms with Gasteiger partial charge in [-0.3, -0.25) is 0 Å². The zero-order chi connectivity index (χ0) is 27.5. The number of nitrogens with zero attached hydrogens (tertiary/aromatic N) is 1. The van der Waals surface area contributed by atoms with E-state index in [1.165, 1.54) is 31.4 Å². The van der Waals surface area contributed by atoms with Crippen LogP contribution in [0.5, 0.6) is 0 Å². The van der Waals surface area contributed by atoms with Gasteiger partial charge in [-0.25, -0.2) is 13.6 Å². The van der Waals surface area contributed by atoms with Crippen molar-refractivity contribution in [3.05, 3.63) is 141 Å². The van der Waals surface area contributed by atoms with Gasteiger partial charge in [-0.1, -0.05) is 47.5 Å². The second-order valence-corrected chi connectivity index (χ2v) is 10.00. The van der Waals surface area contributed by atoms with Crippen molar-refractivity contribution in [1.29, 1.82) is 0 Å². The number of ether oxygens (including phenoxy) is 1. The summed E-state index contributed by atoms with van der Waals surface area (Å²) in [4.78, 5) is 15.5. The van der Waals surface area contributed by atoms with E-state index in [0.717, 1.165) is 16.9 Å². The average Bonchev–Trinajstić information content (AvgIpc) is 2.95. The summed E-state index contributed by atoms with van der Waals surface area (Å²) in [5.74, 6) is -1.28. The summed E-state index contributed by atoms with van der Waals surface area (Å²) in [5, 5.41) is 4.54. The van der Waals surface area contributed by atoms with Gasteiger partial charge in [0, 0.05) is 33.5 Å². The number of carbonyl (C=O) groups excluding carboxylic acids is 1. The van der Waals surface area contributed by atoms with E-state index in [9.17, 15) is 13.6 Å². The molecule has 1 heterocycles. The molecule has 1 aliphatic heterocycles. The van der Waals surface area contributed by atoms with Crippen molar-refractivity contribution in [1.82, 2.24) is 0 Å². The van der Waals surface area contributed by atoms with Crippen LogP contribution in [0.1, 0.15) is 29.6 Å². The summed E-state index contributed by atoms with van der Waals surface area (Å²) in [7, 11) is 1.33. The van der Waals surface area contributed by atoms with Gasteiger partial charge in [-0.15, -0.1) is 0 Å². The molecule has 2 atom stereocenters. The molecule has 0 bridgehead atoms. The zero-order valence-electron chi connectivity index (χ0n) is 20.9. The van der Waals surface area contributed by atoms with Crippen LogP contribution in [-0.4, -0.2) is 13.1 Å². The largest absolute Gasteiger partial charge is 0.466 e. The molecule has 39 heavy (non-hydrogen) atoms. The lowest BCUT2D eigenvalue weighted by Gasteiger charge is -2.46. The number of anilines is 2. The van der Waals surface area contributed by atoms with E-state index in [1.807, 2.05) is 24.3 Å². The maximum atomic E-state index is 14.0. The Labute approximate surface area is 235 Å². The Bertz CT molecular complexity index is 1490. The fourth-order valence-electron chi connectivity index (χ4n) is 4.93. The number of rotatable bonds is 6. The van der Waals surface area contributed by atoms with E-state index in [1.54, 1.807) is 48.5 Å². The first-order valence-electron chi connectivity index (χ1n) is 12.2. The molecule has 0 fully saturated rings. The smallest absolute Gasteiger partial charge is 0.337 e. The van der Waals surface area contributed by atoms with E-state index in [-0.39, 0.29) is 11.9 Å². The number of benzene rings is 4. The minimum atomic E-state index is -0.683. The van der Waals surface area contributed by atoms with Gasteiger partial charge in [-0.05, 0) is 83.9 Å². The third kappa shape index (κ3) is 5.77. The van der Waals surface area contributed by atoms with Crippen LogP contribution in [0.3, 0.4) is 0 Å². The summed E-state index contributed by atoms with van der Waals surface area (Å²) in [6, 6.07) is 25.7. The molecule has 1 N–H and O–H groups in total. The topological polar surface area (TPSA) is 41.6 Å². The van der Waals surface area contributed by atoms with Crippen LogP contribution in [0.15, 0.2) is 108 Å². The zero-order valence-corrected chi connectivity index (χ0v) is 22.4. The molecule has 0 aliphatic carbocycles. The van der Waals surface area contributed by atoms with Crippen molar-refractivity contribution in [3.63, 3.8) is 0 Å². The van der Waals surface area contributed by atoms with Gasteiger partial charge in [0.05, 0.1) is 24.8 Å². The Balaban J connectivity index is 1.77. The predicted octanol–water partition coefficient (Wildman–Crippen LogP) is 8.50. The van der Waals surface area contributed by atoms with Crippen LogP contribution in [0.2, 0.25) is 10.0 Å². The molecule has 5 rings (SSSR count). The molecule has 0 amide bonds. The monoisotopic (exact) mass is 564 g/mol. The van der Waals surface area contributed by atoms with E-state index in [0.29, 0.717) is 33.3 Å². The quantitative estimate of drug-likeness (QED) is 0.238. The van der Waals surface area contributed by atoms with Crippen molar-refractivity contribution in [2.24, 2.45) is 0 Å². The van der Waals surface area contributed by atoms with Crippen molar-refractivity contribution in [2.75, 3.05) is 17.3 Å². The Morgan fingerprint density at radius 1 is 0.795 bits per heavy atom. The first-order chi connectivity index (χ1) is 18.8. The number of methoxy groups -OCH3 is 1. The van der Waals surface area contributed by atoms with Crippen LogP contribution in [-0.2, 0) is 9.53 Å². The van der Waals surface area contributed by atoms with Crippen LogP contribution in [0, 0.1) is 11.6 Å². The van der Waals surface area contributed by atoms with Gasteiger partial charge in [-0.2, -0.15) is 0 Å². The fraction of sp³-hybridized carbons (Fsp3) is 0.129. The minimum Gasteiger partial charge on any atom is -0.466 e. The van der Waals surface area contributed by atoms with Gasteiger partial charge in [0.15, 0.2) is 0 Å². The molecule has 198 valence electrons. The number of hydrogen-bond acceptors (Lipinski definition) is 4. The summed E-state index contributed by atoms with van der Waals surface area (Å²) < 4.78 is 33.3. The fourth-order valence-corrected chi connectivity index (χ4v) is 5.19. The van der Waals surface area contributed by atoms with Gasteiger partial charge >= 0.3 is 5.97 Å². The number of halogens is 4. The van der Waals surface area contributed by atoms with Gasteiger partial charge in [0.25, 0.3) is 0 Å². The Morgan fingerprint density at radius 2 is 1.31 bits per heavy atom. The first kappa shape index (κ1) is 26.7. The van der Waals surface area contributed by atoms with Crippen LogP contribution < -0.4 is 10.2 Å². The van der Waals surface area contributed by atoms with Crippen molar-refractivity contribution in [2.45, 2.75) is 18.5 Å². The lowest BCUT2D eigenvalue weighted by molar-refractivity contribution is -0.136. The highest BCUT2D eigenvalue weighted by molar-refractivity contribution is 6.30. The van der Waals surface area contributed by atoms with Gasteiger partial charge < -0.3 is 15.0 Å².